The number of hydrogen-bond donors (Lipinski definition) is 0. The lowest BCUT2D eigenvalue weighted by atomic mass is 9.73. The van der Waals surface area contributed by atoms with E-state index in [1.54, 1.807) is 10.9 Å². The molecule has 3 heterocycles. The Labute approximate surface area is 197 Å². The summed E-state index contributed by atoms with van der Waals surface area (Å²) in [6.07, 6.45) is 4.83. The van der Waals surface area contributed by atoms with Crippen molar-refractivity contribution in [3.63, 3.8) is 0 Å². The molecule has 0 aromatic carbocycles. The molecule has 1 saturated heterocycles. The number of aromatic nitrogens is 4. The summed E-state index contributed by atoms with van der Waals surface area (Å²) in [5.74, 6) is -1.66. The molecule has 0 bridgehead atoms. The number of carbonyl (C=O) groups excluding carboxylic acids is 3. The van der Waals surface area contributed by atoms with Gasteiger partial charge in [-0.05, 0) is 12.8 Å². The van der Waals surface area contributed by atoms with Gasteiger partial charge in [-0.2, -0.15) is 0 Å². The fourth-order valence-corrected chi connectivity index (χ4v) is 4.97. The first-order valence-corrected chi connectivity index (χ1v) is 11.5. The third-order valence-corrected chi connectivity index (χ3v) is 6.50. The van der Waals surface area contributed by atoms with Crippen LogP contribution in [0.5, 0.6) is 0 Å². The maximum atomic E-state index is 11.9. The molecule has 0 spiro atoms. The quantitative estimate of drug-likeness (QED) is 0.454. The highest BCUT2D eigenvalue weighted by Crippen LogP contribution is 2.41. The molecular formula is C23H30N4O7. The molecule has 2 aromatic rings. The molecule has 4 unspecified atom stereocenters. The van der Waals surface area contributed by atoms with Crippen molar-refractivity contribution in [3.05, 3.63) is 18.3 Å². The SMILES string of the molecule is CC(=O)OCC1OC(n2cnc3c(C4(C)CCCCC4)ncnc32)C(OC(C)=O)C1OC(C)=O. The van der Waals surface area contributed by atoms with Gasteiger partial charge in [0.25, 0.3) is 0 Å². The van der Waals surface area contributed by atoms with Gasteiger partial charge in [-0.25, -0.2) is 15.0 Å². The van der Waals surface area contributed by atoms with Crippen LogP contribution in [-0.2, 0) is 38.7 Å². The van der Waals surface area contributed by atoms with E-state index in [-0.39, 0.29) is 12.0 Å². The first kappa shape index (κ1) is 24.1. The van der Waals surface area contributed by atoms with E-state index in [9.17, 15) is 14.4 Å². The van der Waals surface area contributed by atoms with Gasteiger partial charge in [-0.3, -0.25) is 19.0 Å². The van der Waals surface area contributed by atoms with Crippen LogP contribution < -0.4 is 0 Å². The zero-order valence-corrected chi connectivity index (χ0v) is 19.9. The number of hydrogen-bond acceptors (Lipinski definition) is 10. The second kappa shape index (κ2) is 9.65. The van der Waals surface area contributed by atoms with Crippen LogP contribution in [0, 0.1) is 0 Å². The van der Waals surface area contributed by atoms with Crippen LogP contribution in [0.1, 0.15) is 71.7 Å². The Morgan fingerprint density at radius 2 is 1.68 bits per heavy atom. The van der Waals surface area contributed by atoms with E-state index in [0.717, 1.165) is 31.4 Å². The molecule has 4 rings (SSSR count). The molecule has 1 aliphatic carbocycles. The van der Waals surface area contributed by atoms with Gasteiger partial charge in [-0.15, -0.1) is 0 Å². The Bertz CT molecular complexity index is 1080. The Morgan fingerprint density at radius 3 is 2.32 bits per heavy atom. The van der Waals surface area contributed by atoms with Gasteiger partial charge in [0.2, 0.25) is 0 Å². The molecule has 1 aliphatic heterocycles. The second-order valence-electron chi connectivity index (χ2n) is 9.18. The summed E-state index contributed by atoms with van der Waals surface area (Å²) in [5.41, 5.74) is 1.95. The van der Waals surface area contributed by atoms with Crippen molar-refractivity contribution in [2.24, 2.45) is 0 Å². The third-order valence-electron chi connectivity index (χ3n) is 6.50. The molecule has 11 nitrogen and oxygen atoms in total. The highest BCUT2D eigenvalue weighted by Gasteiger charge is 2.51. The maximum Gasteiger partial charge on any atom is 0.303 e. The molecule has 184 valence electrons. The summed E-state index contributed by atoms with van der Waals surface area (Å²) in [5, 5.41) is 0. The molecule has 0 N–H and O–H groups in total. The van der Waals surface area contributed by atoms with Crippen LogP contribution in [0.3, 0.4) is 0 Å². The second-order valence-corrected chi connectivity index (χ2v) is 9.18. The van der Waals surface area contributed by atoms with Gasteiger partial charge < -0.3 is 18.9 Å². The van der Waals surface area contributed by atoms with E-state index in [1.165, 1.54) is 33.5 Å². The minimum atomic E-state index is -0.997. The van der Waals surface area contributed by atoms with Crippen LogP contribution >= 0.6 is 0 Å². The van der Waals surface area contributed by atoms with Crippen molar-refractivity contribution in [1.82, 2.24) is 19.5 Å². The Morgan fingerprint density at radius 1 is 1.00 bits per heavy atom. The van der Waals surface area contributed by atoms with Crippen LogP contribution in [0.2, 0.25) is 0 Å². The monoisotopic (exact) mass is 474 g/mol. The fraction of sp³-hybridized carbons (Fsp3) is 0.652. The summed E-state index contributed by atoms with van der Waals surface area (Å²) in [6, 6.07) is 0. The number of ether oxygens (including phenoxy) is 4. The normalized spacial score (nSPS) is 26.2. The van der Waals surface area contributed by atoms with Crippen LogP contribution in [0.25, 0.3) is 11.2 Å². The Kier molecular flexibility index (Phi) is 6.83. The van der Waals surface area contributed by atoms with Crippen molar-refractivity contribution in [1.29, 1.82) is 0 Å². The summed E-state index contributed by atoms with van der Waals surface area (Å²) in [7, 11) is 0. The molecular weight excluding hydrogens is 444 g/mol. The minimum absolute atomic E-state index is 0.109. The lowest BCUT2D eigenvalue weighted by Crippen LogP contribution is -2.40. The zero-order valence-electron chi connectivity index (χ0n) is 19.9. The van der Waals surface area contributed by atoms with Crippen molar-refractivity contribution in [2.45, 2.75) is 89.8 Å². The van der Waals surface area contributed by atoms with Crippen molar-refractivity contribution >= 4 is 29.1 Å². The van der Waals surface area contributed by atoms with Crippen LogP contribution in [0.4, 0.5) is 0 Å². The predicted octanol–water partition coefficient (Wildman–Crippen LogP) is 2.37. The standard InChI is InChI=1S/C23H30N4O7/c1-13(28)31-10-16-18(32-14(2)29)19(33-15(3)30)22(34-16)27-12-26-17-20(24-11-25-21(17)27)23(4)8-6-5-7-9-23/h11-12,16,18-19,22H,5-10H2,1-4H3. The van der Waals surface area contributed by atoms with Crippen molar-refractivity contribution in [2.75, 3.05) is 6.61 Å². The fourth-order valence-electron chi connectivity index (χ4n) is 4.97. The first-order chi connectivity index (χ1) is 16.2. The average Bonchev–Trinajstić information content (AvgIpc) is 3.33. The molecule has 2 fully saturated rings. The molecule has 2 aliphatic rings. The Hall–Kier alpha value is -3.08. The summed E-state index contributed by atoms with van der Waals surface area (Å²) in [4.78, 5) is 48.8. The van der Waals surface area contributed by atoms with Gasteiger partial charge in [0.1, 0.15) is 24.6 Å². The topological polar surface area (TPSA) is 132 Å². The van der Waals surface area contributed by atoms with Crippen LogP contribution in [-0.4, -0.2) is 62.3 Å². The lowest BCUT2D eigenvalue weighted by molar-refractivity contribution is -0.166. The highest BCUT2D eigenvalue weighted by molar-refractivity contribution is 5.74. The van der Waals surface area contributed by atoms with Gasteiger partial charge in [-0.1, -0.05) is 26.2 Å². The largest absolute Gasteiger partial charge is 0.463 e. The van der Waals surface area contributed by atoms with E-state index in [0.29, 0.717) is 11.2 Å². The van der Waals surface area contributed by atoms with Crippen molar-refractivity contribution in [3.8, 4) is 0 Å². The minimum Gasteiger partial charge on any atom is -0.463 e. The maximum absolute atomic E-state index is 11.9. The number of nitrogens with zero attached hydrogens (tertiary/aromatic N) is 4. The van der Waals surface area contributed by atoms with E-state index >= 15 is 0 Å². The predicted molar refractivity (Wildman–Crippen MR) is 117 cm³/mol. The van der Waals surface area contributed by atoms with Gasteiger partial charge in [0.05, 0.1) is 12.0 Å². The van der Waals surface area contributed by atoms with Gasteiger partial charge in [0.15, 0.2) is 24.1 Å². The smallest absolute Gasteiger partial charge is 0.303 e. The van der Waals surface area contributed by atoms with E-state index in [2.05, 4.69) is 21.9 Å². The first-order valence-electron chi connectivity index (χ1n) is 11.5. The number of carbonyl (C=O) groups is 3. The average molecular weight is 475 g/mol. The highest BCUT2D eigenvalue weighted by atomic mass is 16.7. The summed E-state index contributed by atoms with van der Waals surface area (Å²) >= 11 is 0. The molecule has 1 saturated carbocycles. The number of rotatable bonds is 6. The molecule has 11 heteroatoms. The van der Waals surface area contributed by atoms with Gasteiger partial charge >= 0.3 is 17.9 Å². The molecule has 34 heavy (non-hydrogen) atoms. The van der Waals surface area contributed by atoms with E-state index in [1.807, 2.05) is 0 Å². The summed E-state index contributed by atoms with van der Waals surface area (Å²) < 4.78 is 23.9. The number of imidazole rings is 1. The summed E-state index contributed by atoms with van der Waals surface area (Å²) in [6.45, 7) is 5.80. The lowest BCUT2D eigenvalue weighted by Gasteiger charge is -2.32. The van der Waals surface area contributed by atoms with E-state index < -0.39 is 42.4 Å². The molecule has 0 radical (unpaired) electrons. The molecule has 2 aromatic heterocycles. The van der Waals surface area contributed by atoms with Gasteiger partial charge in [0, 0.05) is 26.2 Å². The molecule has 4 atom stereocenters. The van der Waals surface area contributed by atoms with Crippen molar-refractivity contribution < 1.29 is 33.3 Å². The third kappa shape index (κ3) is 4.75. The zero-order chi connectivity index (χ0) is 24.5. The number of esters is 3. The van der Waals surface area contributed by atoms with E-state index in [4.69, 9.17) is 18.9 Å². The van der Waals surface area contributed by atoms with Crippen LogP contribution in [0.15, 0.2) is 12.7 Å². The molecule has 0 amide bonds. The Balaban J connectivity index is 1.74. The number of fused-ring (bicyclic) bond motifs is 1.